The molecule has 0 fully saturated rings. The molecule has 0 bridgehead atoms. The fourth-order valence-electron chi connectivity index (χ4n) is 1.64. The fourth-order valence-corrected chi connectivity index (χ4v) is 2.71. The molecule has 5 heteroatoms. The summed E-state index contributed by atoms with van der Waals surface area (Å²) in [6.07, 6.45) is 0. The Hall–Kier alpha value is -1.52. The number of halogens is 1. The quantitative estimate of drug-likeness (QED) is 0.898. The Balaban J connectivity index is 2.14. The van der Waals surface area contributed by atoms with E-state index in [1.165, 1.54) is 11.3 Å². The molecular weight excluding hydrogens is 268 g/mol. The molecule has 18 heavy (non-hydrogen) atoms. The van der Waals surface area contributed by atoms with Crippen LogP contribution in [0.5, 0.6) is 0 Å². The van der Waals surface area contributed by atoms with E-state index in [-0.39, 0.29) is 6.04 Å². The van der Waals surface area contributed by atoms with Crippen molar-refractivity contribution < 1.29 is 4.79 Å². The van der Waals surface area contributed by atoms with Gasteiger partial charge in [-0.3, -0.25) is 4.79 Å². The van der Waals surface area contributed by atoms with Gasteiger partial charge in [0.25, 0.3) is 0 Å². The van der Waals surface area contributed by atoms with Gasteiger partial charge in [-0.2, -0.15) is 0 Å². The molecule has 0 spiro atoms. The molecule has 0 saturated heterocycles. The molecule has 0 aliphatic carbocycles. The van der Waals surface area contributed by atoms with Crippen LogP contribution < -0.4 is 11.1 Å². The number of thiophene rings is 1. The normalized spacial score (nSPS) is 12.1. The van der Waals surface area contributed by atoms with Gasteiger partial charge in [0, 0.05) is 16.1 Å². The van der Waals surface area contributed by atoms with Crippen LogP contribution >= 0.6 is 22.9 Å². The smallest absolute Gasteiger partial charge is 0.248 e. The molecule has 2 rings (SSSR count). The second-order valence-corrected chi connectivity index (χ2v) is 5.70. The Kier molecular flexibility index (Phi) is 3.89. The second-order valence-electron chi connectivity index (χ2n) is 3.95. The number of rotatable bonds is 4. The monoisotopic (exact) mass is 280 g/mol. The summed E-state index contributed by atoms with van der Waals surface area (Å²) in [5, 5.41) is 3.31. The van der Waals surface area contributed by atoms with Crippen molar-refractivity contribution >= 4 is 34.5 Å². The van der Waals surface area contributed by atoms with Crippen molar-refractivity contribution in [2.45, 2.75) is 13.0 Å². The van der Waals surface area contributed by atoms with Gasteiger partial charge < -0.3 is 11.1 Å². The first kappa shape index (κ1) is 12.9. The summed E-state index contributed by atoms with van der Waals surface area (Å²) in [6.45, 7) is 2.04. The highest BCUT2D eigenvalue weighted by atomic mass is 35.5. The van der Waals surface area contributed by atoms with Crippen LogP contribution in [0.1, 0.15) is 28.2 Å². The molecule has 3 nitrogen and oxygen atoms in total. The highest BCUT2D eigenvalue weighted by Crippen LogP contribution is 2.29. The van der Waals surface area contributed by atoms with Crippen molar-refractivity contribution in [1.82, 2.24) is 0 Å². The summed E-state index contributed by atoms with van der Waals surface area (Å²) >= 11 is 7.44. The Bertz CT molecular complexity index is 568. The van der Waals surface area contributed by atoms with Gasteiger partial charge in [0.1, 0.15) is 0 Å². The van der Waals surface area contributed by atoms with E-state index in [2.05, 4.69) is 5.32 Å². The molecule has 1 atom stereocenters. The summed E-state index contributed by atoms with van der Waals surface area (Å²) in [6, 6.07) is 11.1. The lowest BCUT2D eigenvalue weighted by molar-refractivity contribution is 0.100. The Morgan fingerprint density at radius 1 is 1.39 bits per heavy atom. The average molecular weight is 281 g/mol. The summed E-state index contributed by atoms with van der Waals surface area (Å²) in [5.41, 5.74) is 6.61. The number of anilines is 1. The van der Waals surface area contributed by atoms with Crippen LogP contribution in [-0.2, 0) is 0 Å². The van der Waals surface area contributed by atoms with E-state index in [0.29, 0.717) is 5.56 Å². The largest absolute Gasteiger partial charge is 0.378 e. The third-order valence-electron chi connectivity index (χ3n) is 2.55. The van der Waals surface area contributed by atoms with Gasteiger partial charge in [-0.05, 0) is 37.3 Å². The molecule has 1 unspecified atom stereocenters. The second kappa shape index (κ2) is 5.42. The highest BCUT2D eigenvalue weighted by molar-refractivity contribution is 7.16. The number of hydrogen-bond acceptors (Lipinski definition) is 3. The lowest BCUT2D eigenvalue weighted by atomic mass is 10.1. The number of nitrogens with one attached hydrogen (secondary N) is 1. The van der Waals surface area contributed by atoms with Gasteiger partial charge >= 0.3 is 0 Å². The first-order valence-electron chi connectivity index (χ1n) is 5.48. The first-order valence-corrected chi connectivity index (χ1v) is 6.67. The Morgan fingerprint density at radius 2 is 2.17 bits per heavy atom. The number of amides is 1. The number of nitrogens with two attached hydrogens (primary N) is 1. The van der Waals surface area contributed by atoms with Gasteiger partial charge in [-0.25, -0.2) is 0 Å². The van der Waals surface area contributed by atoms with Crippen LogP contribution in [0, 0.1) is 0 Å². The minimum atomic E-state index is -0.425. The number of hydrogen-bond donors (Lipinski definition) is 2. The number of benzene rings is 1. The van der Waals surface area contributed by atoms with E-state index in [4.69, 9.17) is 17.3 Å². The molecular formula is C13H13ClN2OS. The summed E-state index contributed by atoms with van der Waals surface area (Å²) in [5.74, 6) is -0.425. The number of carbonyl (C=O) groups is 1. The van der Waals surface area contributed by atoms with Crippen LogP contribution in [0.3, 0.4) is 0 Å². The Labute approximate surface area is 115 Å². The maximum atomic E-state index is 11.1. The van der Waals surface area contributed by atoms with Crippen molar-refractivity contribution in [3.8, 4) is 0 Å². The predicted octanol–water partition coefficient (Wildman–Crippen LogP) is 3.67. The first-order chi connectivity index (χ1) is 8.56. The van der Waals surface area contributed by atoms with E-state index >= 15 is 0 Å². The van der Waals surface area contributed by atoms with Crippen molar-refractivity contribution in [1.29, 1.82) is 0 Å². The number of primary amides is 1. The Morgan fingerprint density at radius 3 is 2.78 bits per heavy atom. The summed E-state index contributed by atoms with van der Waals surface area (Å²) in [4.78, 5) is 12.2. The lowest BCUT2D eigenvalue weighted by Crippen LogP contribution is -2.12. The van der Waals surface area contributed by atoms with Crippen LogP contribution in [0.2, 0.25) is 4.34 Å². The van der Waals surface area contributed by atoms with Crippen molar-refractivity contribution in [2.75, 3.05) is 5.32 Å². The van der Waals surface area contributed by atoms with Crippen molar-refractivity contribution in [3.05, 3.63) is 51.2 Å². The molecule has 1 aromatic carbocycles. The minimum Gasteiger partial charge on any atom is -0.378 e. The third-order valence-corrected chi connectivity index (χ3v) is 3.96. The molecule has 0 aliphatic rings. The summed E-state index contributed by atoms with van der Waals surface area (Å²) in [7, 11) is 0. The van der Waals surface area contributed by atoms with Crippen LogP contribution in [0.15, 0.2) is 36.4 Å². The minimum absolute atomic E-state index is 0.130. The fraction of sp³-hybridized carbons (Fsp3) is 0.154. The van der Waals surface area contributed by atoms with E-state index < -0.39 is 5.91 Å². The predicted molar refractivity (Wildman–Crippen MR) is 76.3 cm³/mol. The zero-order valence-corrected chi connectivity index (χ0v) is 11.4. The SMILES string of the molecule is CC(Nc1cccc(C(N)=O)c1)c1ccc(Cl)s1. The summed E-state index contributed by atoms with van der Waals surface area (Å²) < 4.78 is 0.768. The van der Waals surface area contributed by atoms with Crippen LogP contribution in [-0.4, -0.2) is 5.91 Å². The van der Waals surface area contributed by atoms with Gasteiger partial charge in [0.05, 0.1) is 10.4 Å². The van der Waals surface area contributed by atoms with E-state index in [9.17, 15) is 4.79 Å². The van der Waals surface area contributed by atoms with Crippen molar-refractivity contribution in [2.24, 2.45) is 5.73 Å². The molecule has 2 aromatic rings. The topological polar surface area (TPSA) is 55.1 Å². The number of carbonyl (C=O) groups excluding carboxylic acids is 1. The molecule has 1 aromatic heterocycles. The molecule has 3 N–H and O–H groups in total. The molecule has 1 heterocycles. The molecule has 0 saturated carbocycles. The third kappa shape index (κ3) is 3.03. The maximum absolute atomic E-state index is 11.1. The van der Waals surface area contributed by atoms with Gasteiger partial charge in [0.2, 0.25) is 5.91 Å². The van der Waals surface area contributed by atoms with E-state index in [0.717, 1.165) is 14.9 Å². The van der Waals surface area contributed by atoms with E-state index in [1.807, 2.05) is 25.1 Å². The zero-order valence-electron chi connectivity index (χ0n) is 9.81. The molecule has 1 amide bonds. The standard InChI is InChI=1S/C13H13ClN2OS/c1-8(11-5-6-12(14)18-11)16-10-4-2-3-9(7-10)13(15)17/h2-8,16H,1H3,(H2,15,17). The van der Waals surface area contributed by atoms with Crippen LogP contribution in [0.4, 0.5) is 5.69 Å². The molecule has 0 aliphatic heterocycles. The molecule has 94 valence electrons. The van der Waals surface area contributed by atoms with Crippen molar-refractivity contribution in [3.63, 3.8) is 0 Å². The van der Waals surface area contributed by atoms with Crippen LogP contribution in [0.25, 0.3) is 0 Å². The zero-order chi connectivity index (χ0) is 13.1. The van der Waals surface area contributed by atoms with Gasteiger partial charge in [0.15, 0.2) is 0 Å². The lowest BCUT2D eigenvalue weighted by Gasteiger charge is -2.14. The van der Waals surface area contributed by atoms with E-state index in [1.54, 1.807) is 18.2 Å². The highest BCUT2D eigenvalue weighted by Gasteiger charge is 2.09. The average Bonchev–Trinajstić information content (AvgIpc) is 2.76. The maximum Gasteiger partial charge on any atom is 0.248 e. The van der Waals surface area contributed by atoms with Gasteiger partial charge in [-0.1, -0.05) is 17.7 Å². The van der Waals surface area contributed by atoms with Gasteiger partial charge in [-0.15, -0.1) is 11.3 Å². The molecule has 0 radical (unpaired) electrons.